The molecule has 0 spiro atoms. The summed E-state index contributed by atoms with van der Waals surface area (Å²) >= 11 is 0. The van der Waals surface area contributed by atoms with Crippen LogP contribution in [-0.4, -0.2) is 39.5 Å². The van der Waals surface area contributed by atoms with E-state index in [-0.39, 0.29) is 12.2 Å². The van der Waals surface area contributed by atoms with Crippen LogP contribution in [0.25, 0.3) is 0 Å². The molecule has 0 amide bonds. The molecule has 7 heteroatoms. The number of nitrogens with zero attached hydrogens (tertiary/aromatic N) is 1. The molecule has 1 aromatic carbocycles. The van der Waals surface area contributed by atoms with E-state index in [9.17, 15) is 12.8 Å². The van der Waals surface area contributed by atoms with Crippen LogP contribution >= 0.6 is 0 Å². The standard InChI is InChI=1S/C12H18FN3O2S/c1-16(9-5-6-9)8-7-15-19(17,18)12-10(13)3-2-4-11(12)14/h2-4,9,15H,5-8,14H2,1H3. The Morgan fingerprint density at radius 2 is 2.16 bits per heavy atom. The lowest BCUT2D eigenvalue weighted by molar-refractivity contribution is 0.329. The molecule has 0 aromatic heterocycles. The summed E-state index contributed by atoms with van der Waals surface area (Å²) in [6.07, 6.45) is 2.31. The molecule has 2 rings (SSSR count). The lowest BCUT2D eigenvalue weighted by atomic mass is 10.3. The van der Waals surface area contributed by atoms with Gasteiger partial charge >= 0.3 is 0 Å². The van der Waals surface area contributed by atoms with Gasteiger partial charge in [0.25, 0.3) is 0 Å². The smallest absolute Gasteiger partial charge is 0.245 e. The number of anilines is 1. The third kappa shape index (κ3) is 3.43. The van der Waals surface area contributed by atoms with Crippen LogP contribution in [0.5, 0.6) is 0 Å². The molecule has 1 aliphatic rings. The largest absolute Gasteiger partial charge is 0.398 e. The van der Waals surface area contributed by atoms with Crippen molar-refractivity contribution in [3.63, 3.8) is 0 Å². The zero-order valence-corrected chi connectivity index (χ0v) is 11.6. The quantitative estimate of drug-likeness (QED) is 0.758. The normalized spacial score (nSPS) is 15.9. The maximum absolute atomic E-state index is 13.6. The number of hydrogen-bond donors (Lipinski definition) is 2. The predicted molar refractivity (Wildman–Crippen MR) is 71.7 cm³/mol. The van der Waals surface area contributed by atoms with Gasteiger partial charge in [-0.15, -0.1) is 0 Å². The van der Waals surface area contributed by atoms with Crippen molar-refractivity contribution in [1.29, 1.82) is 0 Å². The van der Waals surface area contributed by atoms with E-state index in [2.05, 4.69) is 9.62 Å². The second-order valence-electron chi connectivity index (χ2n) is 4.77. The number of nitrogens with two attached hydrogens (primary N) is 1. The van der Waals surface area contributed by atoms with Crippen LogP contribution in [0.2, 0.25) is 0 Å². The third-order valence-corrected chi connectivity index (χ3v) is 4.75. The Kier molecular flexibility index (Phi) is 4.07. The van der Waals surface area contributed by atoms with Crippen molar-refractivity contribution in [2.75, 3.05) is 25.9 Å². The Morgan fingerprint density at radius 1 is 1.47 bits per heavy atom. The Hall–Kier alpha value is -1.18. The van der Waals surface area contributed by atoms with Crippen LogP contribution in [0.4, 0.5) is 10.1 Å². The van der Waals surface area contributed by atoms with Crippen LogP contribution in [0, 0.1) is 5.82 Å². The molecule has 0 bridgehead atoms. The summed E-state index contributed by atoms with van der Waals surface area (Å²) in [6.45, 7) is 0.835. The number of halogens is 1. The van der Waals surface area contributed by atoms with E-state index in [4.69, 9.17) is 5.73 Å². The summed E-state index contributed by atoms with van der Waals surface area (Å²) < 4.78 is 39.9. The van der Waals surface area contributed by atoms with Crippen molar-refractivity contribution in [3.05, 3.63) is 24.0 Å². The molecule has 3 N–H and O–H groups in total. The fraction of sp³-hybridized carbons (Fsp3) is 0.500. The second-order valence-corrected chi connectivity index (χ2v) is 6.47. The summed E-state index contributed by atoms with van der Waals surface area (Å²) in [4.78, 5) is 1.62. The average Bonchev–Trinajstić information content (AvgIpc) is 3.11. The molecule has 5 nitrogen and oxygen atoms in total. The fourth-order valence-corrected chi connectivity index (χ4v) is 3.14. The van der Waals surface area contributed by atoms with Gasteiger partial charge in [-0.05, 0) is 32.0 Å². The maximum Gasteiger partial charge on any atom is 0.245 e. The molecule has 0 atom stereocenters. The summed E-state index contributed by atoms with van der Waals surface area (Å²) in [6, 6.07) is 4.39. The highest BCUT2D eigenvalue weighted by Gasteiger charge is 2.26. The van der Waals surface area contributed by atoms with Gasteiger partial charge in [0.05, 0.1) is 5.69 Å². The van der Waals surface area contributed by atoms with Crippen LogP contribution in [0.15, 0.2) is 23.1 Å². The highest BCUT2D eigenvalue weighted by atomic mass is 32.2. The number of benzene rings is 1. The van der Waals surface area contributed by atoms with Crippen molar-refractivity contribution in [3.8, 4) is 0 Å². The van der Waals surface area contributed by atoms with Gasteiger partial charge in [-0.2, -0.15) is 0 Å². The Bertz CT molecular complexity index is 538. The van der Waals surface area contributed by atoms with E-state index in [1.54, 1.807) is 0 Å². The van der Waals surface area contributed by atoms with Gasteiger partial charge in [-0.3, -0.25) is 0 Å². The lowest BCUT2D eigenvalue weighted by Crippen LogP contribution is -2.34. The van der Waals surface area contributed by atoms with Gasteiger partial charge < -0.3 is 10.6 Å². The monoisotopic (exact) mass is 287 g/mol. The zero-order chi connectivity index (χ0) is 14.0. The first-order valence-electron chi connectivity index (χ1n) is 6.15. The van der Waals surface area contributed by atoms with E-state index in [1.807, 2.05) is 7.05 Å². The number of nitrogen functional groups attached to an aromatic ring is 1. The molecule has 0 unspecified atom stereocenters. The SMILES string of the molecule is CN(CCNS(=O)(=O)c1c(N)cccc1F)C1CC1. The Labute approximate surface area is 112 Å². The van der Waals surface area contributed by atoms with Gasteiger partial charge in [-0.25, -0.2) is 17.5 Å². The highest BCUT2D eigenvalue weighted by molar-refractivity contribution is 7.89. The van der Waals surface area contributed by atoms with Crippen LogP contribution in [0.3, 0.4) is 0 Å². The molecule has 19 heavy (non-hydrogen) atoms. The number of rotatable bonds is 6. The Morgan fingerprint density at radius 3 is 2.74 bits per heavy atom. The topological polar surface area (TPSA) is 75.4 Å². The fourth-order valence-electron chi connectivity index (χ4n) is 1.94. The van der Waals surface area contributed by atoms with Gasteiger partial charge in [-0.1, -0.05) is 6.07 Å². The number of hydrogen-bond acceptors (Lipinski definition) is 4. The summed E-state index contributed by atoms with van der Waals surface area (Å²) in [5, 5.41) is 0. The molecular formula is C12H18FN3O2S. The van der Waals surface area contributed by atoms with Gasteiger partial charge in [0.15, 0.2) is 0 Å². The van der Waals surface area contributed by atoms with E-state index >= 15 is 0 Å². The molecule has 106 valence electrons. The highest BCUT2D eigenvalue weighted by Crippen LogP contribution is 2.25. The first kappa shape index (κ1) is 14.2. The van der Waals surface area contributed by atoms with E-state index in [0.717, 1.165) is 18.9 Å². The van der Waals surface area contributed by atoms with Crippen molar-refractivity contribution in [1.82, 2.24) is 9.62 Å². The van der Waals surface area contributed by atoms with Crippen molar-refractivity contribution in [2.45, 2.75) is 23.8 Å². The molecule has 0 heterocycles. The van der Waals surface area contributed by atoms with E-state index in [1.165, 1.54) is 12.1 Å². The molecule has 1 aliphatic carbocycles. The molecule has 1 saturated carbocycles. The maximum atomic E-state index is 13.6. The van der Waals surface area contributed by atoms with E-state index in [0.29, 0.717) is 12.6 Å². The van der Waals surface area contributed by atoms with Gasteiger partial charge in [0.1, 0.15) is 10.7 Å². The molecular weight excluding hydrogens is 269 g/mol. The summed E-state index contributed by atoms with van der Waals surface area (Å²) in [5.74, 6) is -0.831. The van der Waals surface area contributed by atoms with Gasteiger partial charge in [0.2, 0.25) is 10.0 Å². The second kappa shape index (κ2) is 5.44. The minimum atomic E-state index is -3.90. The minimum absolute atomic E-state index is 0.0805. The number of sulfonamides is 1. The lowest BCUT2D eigenvalue weighted by Gasteiger charge is -2.16. The van der Waals surface area contributed by atoms with Crippen molar-refractivity contribution in [2.24, 2.45) is 0 Å². The van der Waals surface area contributed by atoms with E-state index < -0.39 is 20.7 Å². The molecule has 0 aliphatic heterocycles. The molecule has 1 aromatic rings. The molecule has 1 fully saturated rings. The number of likely N-dealkylation sites (N-methyl/N-ethyl adjacent to an activating group) is 1. The first-order valence-corrected chi connectivity index (χ1v) is 7.64. The van der Waals surface area contributed by atoms with Crippen LogP contribution in [0.1, 0.15) is 12.8 Å². The van der Waals surface area contributed by atoms with Crippen LogP contribution < -0.4 is 10.5 Å². The predicted octanol–water partition coefficient (Wildman–Crippen LogP) is 0.780. The first-order chi connectivity index (χ1) is 8.92. The van der Waals surface area contributed by atoms with Crippen molar-refractivity contribution >= 4 is 15.7 Å². The van der Waals surface area contributed by atoms with Crippen LogP contribution in [-0.2, 0) is 10.0 Å². The third-order valence-electron chi connectivity index (χ3n) is 3.19. The summed E-state index contributed by atoms with van der Waals surface area (Å²) in [5.41, 5.74) is 5.45. The minimum Gasteiger partial charge on any atom is -0.398 e. The Balaban J connectivity index is 2.01. The average molecular weight is 287 g/mol. The zero-order valence-electron chi connectivity index (χ0n) is 10.8. The molecule has 0 saturated heterocycles. The summed E-state index contributed by atoms with van der Waals surface area (Å²) in [7, 11) is -1.95. The van der Waals surface area contributed by atoms with Gasteiger partial charge in [0, 0.05) is 19.1 Å². The van der Waals surface area contributed by atoms with Crippen molar-refractivity contribution < 1.29 is 12.8 Å². The molecule has 0 radical (unpaired) electrons. The number of nitrogens with one attached hydrogen (secondary N) is 1.